The zero-order chi connectivity index (χ0) is 10.4. The highest BCUT2D eigenvalue weighted by molar-refractivity contribution is 8.09. The molecule has 0 amide bonds. The highest BCUT2D eigenvalue weighted by atomic mass is 32.2. The number of carbonyl (C=O) groups excluding carboxylic acids is 2. The number of Topliss-reactive ketones (excluding diaryl/α,β-unsaturated/α-hetero) is 2. The van der Waals surface area contributed by atoms with Crippen molar-refractivity contribution in [2.75, 3.05) is 5.75 Å². The minimum absolute atomic E-state index is 0.0470. The average Bonchev–Trinajstić information content (AvgIpc) is 2.62. The summed E-state index contributed by atoms with van der Waals surface area (Å²) in [5.41, 5.74) is 0. The van der Waals surface area contributed by atoms with Crippen LogP contribution in [0.1, 0.15) is 0 Å². The summed E-state index contributed by atoms with van der Waals surface area (Å²) in [5.74, 6) is -0.0668. The second-order valence-electron chi connectivity index (χ2n) is 3.69. The van der Waals surface area contributed by atoms with E-state index in [-0.39, 0.29) is 11.6 Å². The van der Waals surface area contributed by atoms with E-state index < -0.39 is 5.92 Å². The van der Waals surface area contributed by atoms with E-state index in [0.717, 1.165) is 15.3 Å². The van der Waals surface area contributed by atoms with Crippen molar-refractivity contribution >= 4 is 34.3 Å². The molecule has 1 atom stereocenters. The fourth-order valence-electron chi connectivity index (χ4n) is 2.07. The Kier molecular flexibility index (Phi) is 1.83. The number of thioether (sulfide) groups is 1. The predicted octanol–water partition coefficient (Wildman–Crippen LogP) is 0.0901. The Morgan fingerprint density at radius 2 is 2.00 bits per heavy atom. The second-order valence-corrected chi connectivity index (χ2v) is 4.70. The minimum Gasteiger partial charge on any atom is -0.298 e. The summed E-state index contributed by atoms with van der Waals surface area (Å²) in [6.45, 7) is 0. The molecule has 3 rings (SSSR count). The van der Waals surface area contributed by atoms with Crippen LogP contribution in [0, 0.1) is 5.92 Å². The molecule has 0 bridgehead atoms. The number of ketones is 2. The molecule has 1 aromatic carbocycles. The molecule has 3 heteroatoms. The Balaban J connectivity index is 2.43. The Morgan fingerprint density at radius 3 is 2.87 bits per heavy atom. The van der Waals surface area contributed by atoms with Gasteiger partial charge in [0, 0.05) is 4.91 Å². The molecule has 1 aliphatic heterocycles. The first kappa shape index (κ1) is 8.92. The molecule has 2 nitrogen and oxygen atoms in total. The van der Waals surface area contributed by atoms with Crippen LogP contribution in [0.4, 0.5) is 0 Å². The van der Waals surface area contributed by atoms with E-state index in [1.165, 1.54) is 11.8 Å². The fourth-order valence-corrected chi connectivity index (χ4v) is 3.29. The first-order valence-electron chi connectivity index (χ1n) is 4.78. The van der Waals surface area contributed by atoms with Gasteiger partial charge in [-0.15, -0.1) is 11.8 Å². The van der Waals surface area contributed by atoms with E-state index in [4.69, 9.17) is 0 Å². The molecular weight excluding hydrogens is 208 g/mol. The molecule has 15 heavy (non-hydrogen) atoms. The van der Waals surface area contributed by atoms with Crippen LogP contribution >= 0.6 is 11.8 Å². The Morgan fingerprint density at radius 1 is 1.20 bits per heavy atom. The molecule has 0 N–H and O–H groups in total. The van der Waals surface area contributed by atoms with Gasteiger partial charge in [-0.1, -0.05) is 24.3 Å². The van der Waals surface area contributed by atoms with Crippen LogP contribution < -0.4 is 10.4 Å². The lowest BCUT2D eigenvalue weighted by Crippen LogP contribution is -2.36. The van der Waals surface area contributed by atoms with Crippen molar-refractivity contribution < 1.29 is 9.59 Å². The van der Waals surface area contributed by atoms with Gasteiger partial charge in [-0.3, -0.25) is 9.59 Å². The Labute approximate surface area is 90.7 Å². The van der Waals surface area contributed by atoms with Crippen LogP contribution in [0.2, 0.25) is 0 Å². The van der Waals surface area contributed by atoms with Gasteiger partial charge in [0.05, 0.1) is 5.75 Å². The highest BCUT2D eigenvalue weighted by Crippen LogP contribution is 2.35. The normalized spacial score (nSPS) is 23.5. The monoisotopic (exact) mass is 216 g/mol. The molecule has 1 fully saturated rings. The summed E-state index contributed by atoms with van der Waals surface area (Å²) in [6, 6.07) is 7.74. The second kappa shape index (κ2) is 3.07. The summed E-state index contributed by atoms with van der Waals surface area (Å²) in [4.78, 5) is 24.2. The molecule has 0 saturated carbocycles. The largest absolute Gasteiger partial charge is 0.298 e. The lowest BCUT2D eigenvalue weighted by molar-refractivity contribution is -0.125. The van der Waals surface area contributed by atoms with Crippen LogP contribution in [0.5, 0.6) is 0 Å². The number of rotatable bonds is 0. The zero-order valence-electron chi connectivity index (χ0n) is 7.90. The molecule has 1 saturated heterocycles. The first-order chi connectivity index (χ1) is 7.27. The molecule has 1 heterocycles. The summed E-state index contributed by atoms with van der Waals surface area (Å²) in [7, 11) is 0. The number of hydrogen-bond acceptors (Lipinski definition) is 3. The van der Waals surface area contributed by atoms with Crippen molar-refractivity contribution in [3.8, 4) is 0 Å². The molecule has 2 aliphatic rings. The van der Waals surface area contributed by atoms with Crippen LogP contribution in [0.3, 0.4) is 0 Å². The SMILES string of the molecule is O=C1C=c2ccccc2=C2SCC(=O)C12. The van der Waals surface area contributed by atoms with Crippen molar-refractivity contribution in [2.24, 2.45) is 5.92 Å². The van der Waals surface area contributed by atoms with Crippen LogP contribution in [0.15, 0.2) is 24.3 Å². The molecule has 0 spiro atoms. The van der Waals surface area contributed by atoms with Crippen molar-refractivity contribution in [1.82, 2.24) is 0 Å². The standard InChI is InChI=1S/C12H8O2S/c13-9-5-7-3-1-2-4-8(7)12-11(9)10(14)6-15-12/h1-5,11H,6H2. The highest BCUT2D eigenvalue weighted by Gasteiger charge is 2.37. The topological polar surface area (TPSA) is 34.1 Å². The van der Waals surface area contributed by atoms with Gasteiger partial charge in [-0.25, -0.2) is 0 Å². The molecule has 1 unspecified atom stereocenters. The summed E-state index contributed by atoms with van der Waals surface area (Å²) < 4.78 is 0. The van der Waals surface area contributed by atoms with Gasteiger partial charge >= 0.3 is 0 Å². The predicted molar refractivity (Wildman–Crippen MR) is 59.5 cm³/mol. The van der Waals surface area contributed by atoms with Crippen molar-refractivity contribution in [1.29, 1.82) is 0 Å². The quantitative estimate of drug-likeness (QED) is 0.576. The smallest absolute Gasteiger partial charge is 0.171 e. The Hall–Kier alpha value is -1.35. The fraction of sp³-hybridized carbons (Fsp3) is 0.167. The van der Waals surface area contributed by atoms with Gasteiger partial charge in [0.2, 0.25) is 0 Å². The van der Waals surface area contributed by atoms with Crippen molar-refractivity contribution in [3.05, 3.63) is 34.7 Å². The minimum atomic E-state index is -0.495. The van der Waals surface area contributed by atoms with Gasteiger partial charge in [-0.2, -0.15) is 0 Å². The van der Waals surface area contributed by atoms with Gasteiger partial charge < -0.3 is 0 Å². The van der Waals surface area contributed by atoms with E-state index in [9.17, 15) is 9.59 Å². The number of benzene rings is 1. The molecule has 1 aromatic rings. The third kappa shape index (κ3) is 1.20. The van der Waals surface area contributed by atoms with E-state index in [1.54, 1.807) is 6.08 Å². The molecule has 0 aromatic heterocycles. The molecule has 74 valence electrons. The van der Waals surface area contributed by atoms with E-state index >= 15 is 0 Å². The maximum Gasteiger partial charge on any atom is 0.171 e. The summed E-state index contributed by atoms with van der Waals surface area (Å²) in [6.07, 6.45) is 1.59. The molecule has 0 radical (unpaired) electrons. The lowest BCUT2D eigenvalue weighted by Gasteiger charge is -2.10. The van der Waals surface area contributed by atoms with E-state index in [0.29, 0.717) is 5.75 Å². The third-order valence-corrected chi connectivity index (χ3v) is 3.96. The average molecular weight is 216 g/mol. The van der Waals surface area contributed by atoms with Gasteiger partial charge in [0.25, 0.3) is 0 Å². The number of carbonyl (C=O) groups is 2. The number of fused-ring (bicyclic) bond motifs is 2. The lowest BCUT2D eigenvalue weighted by atomic mass is 9.93. The van der Waals surface area contributed by atoms with Gasteiger partial charge in [0.15, 0.2) is 11.6 Å². The maximum absolute atomic E-state index is 11.7. The summed E-state index contributed by atoms with van der Waals surface area (Å²) in [5, 5.41) is 1.99. The molecule has 1 aliphatic carbocycles. The maximum atomic E-state index is 11.7. The number of hydrogen-bond donors (Lipinski definition) is 0. The van der Waals surface area contributed by atoms with Gasteiger partial charge in [-0.05, 0) is 16.5 Å². The third-order valence-electron chi connectivity index (χ3n) is 2.76. The summed E-state index contributed by atoms with van der Waals surface area (Å²) >= 11 is 1.51. The van der Waals surface area contributed by atoms with Crippen molar-refractivity contribution in [3.63, 3.8) is 0 Å². The van der Waals surface area contributed by atoms with Crippen molar-refractivity contribution in [2.45, 2.75) is 0 Å². The molecular formula is C12H8O2S. The van der Waals surface area contributed by atoms with Crippen LogP contribution in [-0.2, 0) is 9.59 Å². The zero-order valence-corrected chi connectivity index (χ0v) is 8.71. The van der Waals surface area contributed by atoms with Crippen LogP contribution in [-0.4, -0.2) is 17.3 Å². The Bertz CT molecular complexity index is 586. The van der Waals surface area contributed by atoms with Gasteiger partial charge in [0.1, 0.15) is 5.92 Å². The van der Waals surface area contributed by atoms with E-state index in [1.807, 2.05) is 24.3 Å². The van der Waals surface area contributed by atoms with Crippen LogP contribution in [0.25, 0.3) is 11.0 Å². The van der Waals surface area contributed by atoms with E-state index in [2.05, 4.69) is 0 Å². The first-order valence-corrected chi connectivity index (χ1v) is 5.76.